The third kappa shape index (κ3) is 2.92. The van der Waals surface area contributed by atoms with Gasteiger partial charge in [0.2, 0.25) is 0 Å². The molecule has 1 aliphatic rings. The zero-order valence-electron chi connectivity index (χ0n) is 10.0. The van der Waals surface area contributed by atoms with Crippen molar-refractivity contribution >= 4 is 23.4 Å². The summed E-state index contributed by atoms with van der Waals surface area (Å²) in [4.78, 5) is 18.5. The minimum atomic E-state index is -0.931. The normalized spacial score (nSPS) is 21.4. The van der Waals surface area contributed by atoms with E-state index < -0.39 is 5.97 Å². The van der Waals surface area contributed by atoms with E-state index in [1.165, 1.54) is 4.88 Å². The smallest absolute Gasteiger partial charge is 0.328 e. The van der Waals surface area contributed by atoms with Crippen molar-refractivity contribution < 1.29 is 9.90 Å². The quantitative estimate of drug-likeness (QED) is 0.836. The van der Waals surface area contributed by atoms with Gasteiger partial charge in [0.25, 0.3) is 0 Å². The predicted octanol–water partition coefficient (Wildman–Crippen LogP) is 1.97. The van der Waals surface area contributed by atoms with E-state index in [-0.39, 0.29) is 0 Å². The molecule has 0 saturated carbocycles. The fraction of sp³-hybridized carbons (Fsp3) is 0.500. The molecule has 1 aromatic rings. The van der Waals surface area contributed by atoms with Crippen molar-refractivity contribution in [1.29, 1.82) is 0 Å². The van der Waals surface area contributed by atoms with Crippen LogP contribution in [0.1, 0.15) is 27.9 Å². The molecule has 0 radical (unpaired) electrons. The van der Waals surface area contributed by atoms with Gasteiger partial charge in [0, 0.05) is 23.4 Å². The largest absolute Gasteiger partial charge is 0.478 e. The Morgan fingerprint density at radius 3 is 3.00 bits per heavy atom. The van der Waals surface area contributed by atoms with Crippen molar-refractivity contribution in [1.82, 2.24) is 9.88 Å². The third-order valence-corrected chi connectivity index (χ3v) is 3.95. The summed E-state index contributed by atoms with van der Waals surface area (Å²) < 4.78 is 0. The first kappa shape index (κ1) is 12.3. The molecule has 0 aliphatic carbocycles. The topological polar surface area (TPSA) is 53.4 Å². The van der Waals surface area contributed by atoms with Gasteiger partial charge in [-0.25, -0.2) is 9.78 Å². The monoisotopic (exact) mass is 252 g/mol. The molecule has 1 unspecified atom stereocenters. The first-order valence-electron chi connectivity index (χ1n) is 5.63. The molecule has 0 amide bonds. The molecule has 92 valence electrons. The second kappa shape index (κ2) is 4.98. The van der Waals surface area contributed by atoms with E-state index >= 15 is 0 Å². The Morgan fingerprint density at radius 2 is 2.41 bits per heavy atom. The predicted molar refractivity (Wildman–Crippen MR) is 68.4 cm³/mol. The molecule has 1 saturated heterocycles. The van der Waals surface area contributed by atoms with Crippen molar-refractivity contribution in [2.24, 2.45) is 0 Å². The number of aromatic nitrogens is 1. The molecule has 1 aromatic heterocycles. The van der Waals surface area contributed by atoms with Crippen LogP contribution < -0.4 is 0 Å². The number of likely N-dealkylation sites (tertiary alicyclic amines) is 1. The molecule has 0 aromatic carbocycles. The lowest BCUT2D eigenvalue weighted by molar-refractivity contribution is -0.131. The van der Waals surface area contributed by atoms with Crippen molar-refractivity contribution in [2.45, 2.75) is 19.3 Å². The molecular weight excluding hydrogens is 236 g/mol. The summed E-state index contributed by atoms with van der Waals surface area (Å²) in [6, 6.07) is 0. The standard InChI is InChI=1S/C12H16N2O2S/c1-8-12(9-5-6-14(2)7-9)13-10(17-8)3-4-11(15)16/h3-4,9H,5-7H2,1-2H3,(H,15,16)/b4-3+. The van der Waals surface area contributed by atoms with E-state index in [1.807, 2.05) is 0 Å². The van der Waals surface area contributed by atoms with Crippen LogP contribution in [0.2, 0.25) is 0 Å². The van der Waals surface area contributed by atoms with Gasteiger partial charge in [0.1, 0.15) is 5.01 Å². The Kier molecular flexibility index (Phi) is 3.59. The van der Waals surface area contributed by atoms with E-state index in [1.54, 1.807) is 17.4 Å². The van der Waals surface area contributed by atoms with Gasteiger partial charge in [-0.3, -0.25) is 0 Å². The Balaban J connectivity index is 2.16. The second-order valence-corrected chi connectivity index (χ2v) is 5.65. The average molecular weight is 252 g/mol. The number of carboxylic acids is 1. The highest BCUT2D eigenvalue weighted by molar-refractivity contribution is 7.12. The highest BCUT2D eigenvalue weighted by Gasteiger charge is 2.24. The average Bonchev–Trinajstić information content (AvgIpc) is 2.82. The zero-order chi connectivity index (χ0) is 12.4. The third-order valence-electron chi connectivity index (χ3n) is 3.00. The molecule has 2 rings (SSSR count). The van der Waals surface area contributed by atoms with Crippen LogP contribution in [-0.2, 0) is 4.79 Å². The van der Waals surface area contributed by atoms with E-state index in [9.17, 15) is 4.79 Å². The Bertz CT molecular complexity index is 453. The number of hydrogen-bond donors (Lipinski definition) is 1. The van der Waals surface area contributed by atoms with Gasteiger partial charge in [0.05, 0.1) is 5.69 Å². The molecule has 4 nitrogen and oxygen atoms in total. The number of hydrogen-bond acceptors (Lipinski definition) is 4. The molecule has 2 heterocycles. The first-order chi connectivity index (χ1) is 8.06. The van der Waals surface area contributed by atoms with Crippen LogP contribution in [0.4, 0.5) is 0 Å². The molecular formula is C12H16N2O2S. The molecule has 17 heavy (non-hydrogen) atoms. The van der Waals surface area contributed by atoms with Gasteiger partial charge < -0.3 is 10.0 Å². The highest BCUT2D eigenvalue weighted by atomic mass is 32.1. The number of aliphatic carboxylic acids is 1. The second-order valence-electron chi connectivity index (χ2n) is 4.41. The molecule has 5 heteroatoms. The van der Waals surface area contributed by atoms with Crippen molar-refractivity contribution in [3.8, 4) is 0 Å². The van der Waals surface area contributed by atoms with E-state index in [4.69, 9.17) is 5.11 Å². The van der Waals surface area contributed by atoms with Crippen molar-refractivity contribution in [3.63, 3.8) is 0 Å². The Hall–Kier alpha value is -1.20. The number of rotatable bonds is 3. The number of aryl methyl sites for hydroxylation is 1. The van der Waals surface area contributed by atoms with Gasteiger partial charge in [-0.1, -0.05) is 0 Å². The summed E-state index contributed by atoms with van der Waals surface area (Å²) in [5.41, 5.74) is 1.14. The van der Waals surface area contributed by atoms with Crippen LogP contribution in [0.3, 0.4) is 0 Å². The summed E-state index contributed by atoms with van der Waals surface area (Å²) in [5, 5.41) is 9.37. The van der Waals surface area contributed by atoms with Crippen LogP contribution in [0.15, 0.2) is 6.08 Å². The minimum Gasteiger partial charge on any atom is -0.478 e. The molecule has 1 N–H and O–H groups in total. The van der Waals surface area contributed by atoms with E-state index in [0.717, 1.165) is 36.3 Å². The number of nitrogens with zero attached hydrogens (tertiary/aromatic N) is 2. The van der Waals surface area contributed by atoms with Gasteiger partial charge >= 0.3 is 5.97 Å². The summed E-state index contributed by atoms with van der Waals surface area (Å²) in [6.45, 7) is 4.22. The van der Waals surface area contributed by atoms with Crippen molar-refractivity contribution in [3.05, 3.63) is 21.7 Å². The van der Waals surface area contributed by atoms with Crippen LogP contribution in [-0.4, -0.2) is 41.1 Å². The zero-order valence-corrected chi connectivity index (χ0v) is 10.8. The molecule has 1 atom stereocenters. The Labute approximate surface area is 105 Å². The summed E-state index contributed by atoms with van der Waals surface area (Å²) >= 11 is 1.56. The number of carboxylic acid groups (broad SMARTS) is 1. The maximum absolute atomic E-state index is 10.4. The summed E-state index contributed by atoms with van der Waals surface area (Å²) in [6.07, 6.45) is 3.86. The fourth-order valence-corrected chi connectivity index (χ4v) is 3.09. The van der Waals surface area contributed by atoms with Gasteiger partial charge in [-0.05, 0) is 33.0 Å². The summed E-state index contributed by atoms with van der Waals surface area (Å²) in [7, 11) is 2.12. The molecule has 1 aliphatic heterocycles. The number of thiazole rings is 1. The van der Waals surface area contributed by atoms with Crippen LogP contribution >= 0.6 is 11.3 Å². The molecule has 1 fully saturated rings. The minimum absolute atomic E-state index is 0.503. The first-order valence-corrected chi connectivity index (χ1v) is 6.45. The van der Waals surface area contributed by atoms with E-state index in [0.29, 0.717) is 5.92 Å². The van der Waals surface area contributed by atoms with Crippen LogP contribution in [0, 0.1) is 6.92 Å². The van der Waals surface area contributed by atoms with Gasteiger partial charge in [-0.15, -0.1) is 11.3 Å². The fourth-order valence-electron chi connectivity index (χ4n) is 2.18. The van der Waals surface area contributed by atoms with Gasteiger partial charge in [-0.2, -0.15) is 0 Å². The lowest BCUT2D eigenvalue weighted by Gasteiger charge is -2.08. The van der Waals surface area contributed by atoms with Crippen LogP contribution in [0.25, 0.3) is 6.08 Å². The van der Waals surface area contributed by atoms with Crippen molar-refractivity contribution in [2.75, 3.05) is 20.1 Å². The maximum Gasteiger partial charge on any atom is 0.328 e. The molecule has 0 bridgehead atoms. The molecule has 0 spiro atoms. The number of likely N-dealkylation sites (N-methyl/N-ethyl adjacent to an activating group) is 1. The lowest BCUT2D eigenvalue weighted by atomic mass is 10.0. The Morgan fingerprint density at radius 1 is 1.65 bits per heavy atom. The maximum atomic E-state index is 10.4. The summed E-state index contributed by atoms with van der Waals surface area (Å²) in [5.74, 6) is -0.428. The SMILES string of the molecule is Cc1sc(/C=C/C(=O)O)nc1C1CCN(C)C1. The van der Waals surface area contributed by atoms with E-state index in [2.05, 4.69) is 23.9 Å². The lowest BCUT2D eigenvalue weighted by Crippen LogP contribution is -2.13. The highest BCUT2D eigenvalue weighted by Crippen LogP contribution is 2.31. The number of carbonyl (C=O) groups is 1. The van der Waals surface area contributed by atoms with Crippen LogP contribution in [0.5, 0.6) is 0 Å². The van der Waals surface area contributed by atoms with Gasteiger partial charge in [0.15, 0.2) is 0 Å².